The number of esters is 1. The van der Waals surface area contributed by atoms with Crippen molar-refractivity contribution in [2.24, 2.45) is 4.99 Å². The summed E-state index contributed by atoms with van der Waals surface area (Å²) in [5, 5.41) is 11.5. The molecule has 0 aliphatic carbocycles. The summed E-state index contributed by atoms with van der Waals surface area (Å²) < 4.78 is 5.03. The number of carboxylic acids is 1. The molecule has 1 fully saturated rings. The van der Waals surface area contributed by atoms with Gasteiger partial charge in [0.1, 0.15) is 5.25 Å². The second kappa shape index (κ2) is 12.9. The van der Waals surface area contributed by atoms with Crippen LogP contribution in [0.2, 0.25) is 0 Å². The number of benzene rings is 3. The Morgan fingerprint density at radius 3 is 2.31 bits per heavy atom. The van der Waals surface area contributed by atoms with E-state index in [-0.39, 0.29) is 30.4 Å². The number of amidine groups is 1. The van der Waals surface area contributed by atoms with E-state index in [4.69, 9.17) is 9.84 Å². The van der Waals surface area contributed by atoms with Crippen LogP contribution in [0.15, 0.2) is 83.9 Å². The van der Waals surface area contributed by atoms with Crippen LogP contribution in [0.5, 0.6) is 0 Å². The molecule has 1 atom stereocenters. The highest BCUT2D eigenvalue weighted by atomic mass is 32.2. The van der Waals surface area contributed by atoms with Crippen molar-refractivity contribution in [1.82, 2.24) is 4.90 Å². The lowest BCUT2D eigenvalue weighted by atomic mass is 10.1. The summed E-state index contributed by atoms with van der Waals surface area (Å²) in [5.41, 5.74) is 2.51. The van der Waals surface area contributed by atoms with Crippen LogP contribution in [0, 0.1) is 0 Å². The topological polar surface area (TPSA) is 125 Å². The fourth-order valence-corrected chi connectivity index (χ4v) is 4.99. The Labute approximate surface area is 229 Å². The molecule has 1 saturated heterocycles. The Morgan fingerprint density at radius 2 is 1.67 bits per heavy atom. The monoisotopic (exact) mass is 545 g/mol. The van der Waals surface area contributed by atoms with E-state index in [1.165, 1.54) is 36.0 Å². The quantitative estimate of drug-likeness (QED) is 0.371. The van der Waals surface area contributed by atoms with Crippen molar-refractivity contribution in [2.45, 2.75) is 25.0 Å². The lowest BCUT2D eigenvalue weighted by Crippen LogP contribution is -2.46. The first kappa shape index (κ1) is 27.6. The Morgan fingerprint density at radius 1 is 1.00 bits per heavy atom. The fraction of sp³-hybridized carbons (Fsp3) is 0.207. The summed E-state index contributed by atoms with van der Waals surface area (Å²) in [7, 11) is 0. The van der Waals surface area contributed by atoms with E-state index in [1.54, 1.807) is 36.1 Å². The predicted octanol–water partition coefficient (Wildman–Crippen LogP) is 4.76. The molecule has 1 heterocycles. The van der Waals surface area contributed by atoms with Crippen LogP contribution < -0.4 is 5.32 Å². The minimum absolute atomic E-state index is 0.0146. The van der Waals surface area contributed by atoms with E-state index >= 15 is 0 Å². The van der Waals surface area contributed by atoms with Crippen molar-refractivity contribution < 1.29 is 29.0 Å². The van der Waals surface area contributed by atoms with Gasteiger partial charge in [0.25, 0.3) is 0 Å². The molecule has 200 valence electrons. The molecule has 10 heteroatoms. The van der Waals surface area contributed by atoms with Crippen LogP contribution in [-0.2, 0) is 20.7 Å². The van der Waals surface area contributed by atoms with Gasteiger partial charge in [-0.2, -0.15) is 0 Å². The average Bonchev–Trinajstić information content (AvgIpc) is 2.94. The number of nitrogens with zero attached hydrogens (tertiary/aromatic N) is 2. The number of amides is 2. The van der Waals surface area contributed by atoms with Gasteiger partial charge in [0.05, 0.1) is 23.4 Å². The molecule has 0 spiro atoms. The maximum atomic E-state index is 13.2. The van der Waals surface area contributed by atoms with E-state index in [0.29, 0.717) is 35.1 Å². The third kappa shape index (κ3) is 7.32. The van der Waals surface area contributed by atoms with Crippen molar-refractivity contribution in [1.29, 1.82) is 0 Å². The number of hydrogen-bond acceptors (Lipinski definition) is 7. The second-order valence-corrected chi connectivity index (χ2v) is 9.79. The summed E-state index contributed by atoms with van der Waals surface area (Å²) in [6, 6.07) is 22.1. The molecule has 4 rings (SSSR count). The first-order chi connectivity index (χ1) is 18.8. The smallest absolute Gasteiger partial charge is 0.338 e. The molecule has 0 saturated carbocycles. The molecule has 2 N–H and O–H groups in total. The highest BCUT2D eigenvalue weighted by molar-refractivity contribution is 8.15. The highest BCUT2D eigenvalue weighted by Gasteiger charge is 2.35. The Kier molecular flexibility index (Phi) is 9.11. The van der Waals surface area contributed by atoms with E-state index in [2.05, 4.69) is 10.3 Å². The van der Waals surface area contributed by atoms with Crippen molar-refractivity contribution in [3.8, 4) is 0 Å². The minimum Gasteiger partial charge on any atom is -0.478 e. The van der Waals surface area contributed by atoms with Crippen molar-refractivity contribution in [3.63, 3.8) is 0 Å². The average molecular weight is 546 g/mol. The largest absolute Gasteiger partial charge is 0.478 e. The molecule has 0 bridgehead atoms. The lowest BCUT2D eigenvalue weighted by Gasteiger charge is -2.32. The molecule has 0 unspecified atom stereocenters. The number of carbonyl (C=O) groups is 4. The summed E-state index contributed by atoms with van der Waals surface area (Å²) in [5.74, 6) is -2.11. The first-order valence-electron chi connectivity index (χ1n) is 12.3. The van der Waals surface area contributed by atoms with Crippen molar-refractivity contribution in [3.05, 3.63) is 95.6 Å². The number of aliphatic imine (C=N–C) groups is 1. The number of aromatic carboxylic acids is 1. The fourth-order valence-electron chi connectivity index (χ4n) is 3.86. The molecular weight excluding hydrogens is 518 g/mol. The molecule has 9 nitrogen and oxygen atoms in total. The highest BCUT2D eigenvalue weighted by Crippen LogP contribution is 2.30. The first-order valence-corrected chi connectivity index (χ1v) is 13.2. The summed E-state index contributed by atoms with van der Waals surface area (Å²) in [4.78, 5) is 55.7. The molecule has 39 heavy (non-hydrogen) atoms. The van der Waals surface area contributed by atoms with Gasteiger partial charge in [0.2, 0.25) is 11.8 Å². The van der Waals surface area contributed by atoms with Gasteiger partial charge in [0, 0.05) is 18.7 Å². The van der Waals surface area contributed by atoms with Gasteiger partial charge >= 0.3 is 11.9 Å². The molecular formula is C29H27N3O6S. The van der Waals surface area contributed by atoms with Gasteiger partial charge in [-0.1, -0.05) is 42.1 Å². The molecule has 3 aromatic rings. The maximum absolute atomic E-state index is 13.2. The number of anilines is 1. The number of carbonyl (C=O) groups excluding carboxylic acids is 3. The van der Waals surface area contributed by atoms with Gasteiger partial charge in [-0.3, -0.25) is 14.5 Å². The van der Waals surface area contributed by atoms with Gasteiger partial charge in [-0.15, -0.1) is 0 Å². The van der Waals surface area contributed by atoms with Crippen LogP contribution in [-0.4, -0.2) is 57.3 Å². The van der Waals surface area contributed by atoms with Crippen molar-refractivity contribution in [2.75, 3.05) is 18.5 Å². The zero-order valence-electron chi connectivity index (χ0n) is 21.2. The molecule has 3 aromatic carbocycles. The zero-order valence-corrected chi connectivity index (χ0v) is 22.0. The number of carboxylic acid groups (broad SMARTS) is 1. The maximum Gasteiger partial charge on any atom is 0.338 e. The molecule has 1 aliphatic rings. The number of hydrogen-bond donors (Lipinski definition) is 2. The summed E-state index contributed by atoms with van der Waals surface area (Å²) >= 11 is 1.18. The lowest BCUT2D eigenvalue weighted by molar-refractivity contribution is -0.129. The number of thioether (sulfide) groups is 1. The van der Waals surface area contributed by atoms with E-state index < -0.39 is 17.2 Å². The Bertz CT molecular complexity index is 1370. The minimum atomic E-state index is -1.06. The number of rotatable bonds is 9. The van der Waals surface area contributed by atoms with Crippen LogP contribution in [0.25, 0.3) is 0 Å². The normalized spacial score (nSPS) is 16.1. The van der Waals surface area contributed by atoms with Gasteiger partial charge in [0.15, 0.2) is 5.17 Å². The van der Waals surface area contributed by atoms with Crippen LogP contribution in [0.4, 0.5) is 11.4 Å². The van der Waals surface area contributed by atoms with Gasteiger partial charge < -0.3 is 15.2 Å². The second-order valence-electron chi connectivity index (χ2n) is 8.63. The van der Waals surface area contributed by atoms with Gasteiger partial charge in [-0.05, 0) is 67.4 Å². The summed E-state index contributed by atoms with van der Waals surface area (Å²) in [6.07, 6.45) is 0.597. The molecule has 2 amide bonds. The Balaban J connectivity index is 1.54. The molecule has 1 aliphatic heterocycles. The zero-order chi connectivity index (χ0) is 27.8. The Hall–Kier alpha value is -4.44. The third-order valence-corrected chi connectivity index (χ3v) is 7.09. The number of nitrogens with one attached hydrogen (secondary N) is 1. The SMILES string of the molecule is CCOC(=O)c1ccc(N=C2S[C@H](C(=O)Nc3ccc(C(=O)O)cc3)CC(=O)N2CCc2ccccc2)cc1. The number of ether oxygens (including phenoxy) is 1. The van der Waals surface area contributed by atoms with E-state index in [0.717, 1.165) is 5.56 Å². The standard InChI is InChI=1S/C29H27N3O6S/c1-2-38-28(37)21-10-14-23(15-11-21)31-29-32(17-16-19-6-4-3-5-7-19)25(33)18-24(39-29)26(34)30-22-12-8-20(9-13-22)27(35)36/h3-15,24H,2,16-18H2,1H3,(H,30,34)(H,35,36)/t24-/m0/s1. The molecule has 0 aromatic heterocycles. The van der Waals surface area contributed by atoms with E-state index in [1.807, 2.05) is 30.3 Å². The van der Waals surface area contributed by atoms with Crippen LogP contribution >= 0.6 is 11.8 Å². The predicted molar refractivity (Wildman–Crippen MR) is 149 cm³/mol. The summed E-state index contributed by atoms with van der Waals surface area (Å²) in [6.45, 7) is 2.39. The van der Waals surface area contributed by atoms with Crippen molar-refractivity contribution >= 4 is 52.1 Å². The van der Waals surface area contributed by atoms with Crippen LogP contribution in [0.1, 0.15) is 39.6 Å². The molecule has 0 radical (unpaired) electrons. The van der Waals surface area contributed by atoms with E-state index in [9.17, 15) is 19.2 Å². The van der Waals surface area contributed by atoms with Gasteiger partial charge in [-0.25, -0.2) is 14.6 Å². The third-order valence-electron chi connectivity index (χ3n) is 5.90. The van der Waals surface area contributed by atoms with Crippen LogP contribution in [0.3, 0.4) is 0 Å².